The second kappa shape index (κ2) is 59.3. The smallest absolute Gasteiger partial charge is 0.0786 e. The lowest BCUT2D eigenvalue weighted by atomic mass is 10.1. The molecule has 0 aromatic carbocycles. The molecule has 0 aromatic rings. The first-order chi connectivity index (χ1) is 36.7. The van der Waals surface area contributed by atoms with Crippen LogP contribution < -0.4 is 19.6 Å². The first-order valence-electron chi connectivity index (χ1n) is 33.8. The third-order valence-corrected chi connectivity index (χ3v) is 17.6. The predicted octanol–water partition coefficient (Wildman–Crippen LogP) is 16.7. The van der Waals surface area contributed by atoms with Crippen LogP contribution in [0.2, 0.25) is 0 Å². The number of quaternary nitrogens is 4. The molecule has 0 fully saturated rings. The van der Waals surface area contributed by atoms with E-state index in [9.17, 15) is 28.7 Å². The van der Waals surface area contributed by atoms with Gasteiger partial charge < -0.3 is 50.9 Å². The minimum atomic E-state index is -5.68. The molecule has 472 valence electrons. The molecular formula is C64H144N4O7P2. The van der Waals surface area contributed by atoms with Gasteiger partial charge in [-0.25, -0.2) is 0 Å². The van der Waals surface area contributed by atoms with E-state index < -0.39 is 15.6 Å². The van der Waals surface area contributed by atoms with Gasteiger partial charge in [-0.3, -0.25) is 0 Å². The average molecular weight is 1140 g/mol. The standard InChI is InChI=1S/4C16H36N.H4O7P2/c4*1-5-9-13-17(14-10-6-2,15-11-7-3)16-12-8-4;1-8(2,3)7-9(4,5)6/h4*5-16H2,1-4H3;(H2,1,2,3)(H2,4,5,6)/q4*+1;/p-4. The number of unbranched alkanes of at least 4 members (excludes halogenated alkanes) is 16. The molecule has 0 aliphatic carbocycles. The molecule has 0 amide bonds. The highest BCUT2D eigenvalue weighted by Gasteiger charge is 2.28. The highest BCUT2D eigenvalue weighted by atomic mass is 31.3. The Bertz CT molecular complexity index is 939. The van der Waals surface area contributed by atoms with Gasteiger partial charge in [0.25, 0.3) is 0 Å². The summed E-state index contributed by atoms with van der Waals surface area (Å²) in [7, 11) is -11.4. The molecule has 0 saturated carbocycles. The molecule has 0 spiro atoms. The summed E-state index contributed by atoms with van der Waals surface area (Å²) < 4.78 is 26.8. The maximum atomic E-state index is 9.32. The normalized spacial score (nSPS) is 12.2. The molecule has 0 aromatic heterocycles. The zero-order chi connectivity index (χ0) is 59.6. The third-order valence-electron chi connectivity index (χ3n) is 16.0. The number of hydrogen-bond acceptors (Lipinski definition) is 7. The van der Waals surface area contributed by atoms with E-state index in [0.29, 0.717) is 0 Å². The molecule has 0 heterocycles. The van der Waals surface area contributed by atoms with E-state index in [0.717, 1.165) is 0 Å². The van der Waals surface area contributed by atoms with Crippen molar-refractivity contribution in [3.05, 3.63) is 0 Å². The Morgan fingerprint density at radius 3 is 0.325 bits per heavy atom. The fourth-order valence-corrected chi connectivity index (χ4v) is 11.7. The van der Waals surface area contributed by atoms with Crippen LogP contribution in [0.1, 0.15) is 316 Å². The Labute approximate surface area is 485 Å². The van der Waals surface area contributed by atoms with E-state index in [1.165, 1.54) is 328 Å². The summed E-state index contributed by atoms with van der Waals surface area (Å²) in [6, 6.07) is 0. The molecule has 0 bridgehead atoms. The minimum absolute atomic E-state index is 1.35. The summed E-state index contributed by atoms with van der Waals surface area (Å²) in [4.78, 5) is 37.3. The van der Waals surface area contributed by atoms with E-state index in [1.807, 2.05) is 0 Å². The maximum Gasteiger partial charge on any atom is 0.0786 e. The summed E-state index contributed by atoms with van der Waals surface area (Å²) in [5.74, 6) is 0. The van der Waals surface area contributed by atoms with Crippen LogP contribution >= 0.6 is 15.6 Å². The fourth-order valence-electron chi connectivity index (χ4n) is 10.7. The summed E-state index contributed by atoms with van der Waals surface area (Å²) in [6.07, 6.45) is 44.2. The van der Waals surface area contributed by atoms with Crippen molar-refractivity contribution >= 4 is 15.6 Å². The van der Waals surface area contributed by atoms with Crippen LogP contribution in [0.4, 0.5) is 0 Å². The monoisotopic (exact) mass is 1140 g/mol. The van der Waals surface area contributed by atoms with Crippen molar-refractivity contribution in [2.24, 2.45) is 0 Å². The highest BCUT2D eigenvalue weighted by Crippen LogP contribution is 2.42. The molecular weight excluding hydrogens is 999 g/mol. The molecule has 0 unspecified atom stereocenters. The van der Waals surface area contributed by atoms with Gasteiger partial charge in [-0.1, -0.05) is 214 Å². The lowest BCUT2D eigenvalue weighted by molar-refractivity contribution is -0.929. The van der Waals surface area contributed by atoms with Crippen LogP contribution in [-0.2, 0) is 13.4 Å². The molecule has 11 nitrogen and oxygen atoms in total. The third kappa shape index (κ3) is 56.4. The second-order valence-electron chi connectivity index (χ2n) is 23.6. The first kappa shape index (κ1) is 85.9. The Morgan fingerprint density at radius 2 is 0.286 bits per heavy atom. The molecule has 0 rings (SSSR count). The maximum absolute atomic E-state index is 9.32. The Balaban J connectivity index is -0.000000284. The van der Waals surface area contributed by atoms with Crippen LogP contribution in [-0.4, -0.2) is 123 Å². The average Bonchev–Trinajstić information content (AvgIpc) is 3.41. The van der Waals surface area contributed by atoms with E-state index in [2.05, 4.69) is 115 Å². The van der Waals surface area contributed by atoms with Crippen LogP contribution in [0.15, 0.2) is 0 Å². The van der Waals surface area contributed by atoms with E-state index in [4.69, 9.17) is 0 Å². The first-order valence-corrected chi connectivity index (χ1v) is 36.8. The molecule has 0 atom stereocenters. The van der Waals surface area contributed by atoms with Crippen molar-refractivity contribution in [3.8, 4) is 0 Å². The van der Waals surface area contributed by atoms with Gasteiger partial charge in [-0.15, -0.1) is 0 Å². The molecule has 0 aliphatic rings. The zero-order valence-electron chi connectivity index (χ0n) is 55.5. The molecule has 0 saturated heterocycles. The van der Waals surface area contributed by atoms with Crippen LogP contribution in [0.5, 0.6) is 0 Å². The minimum Gasteiger partial charge on any atom is -0.790 e. The summed E-state index contributed by atoms with van der Waals surface area (Å²) in [6.45, 7) is 60.1. The summed E-state index contributed by atoms with van der Waals surface area (Å²) in [5, 5.41) is 0. The van der Waals surface area contributed by atoms with Gasteiger partial charge in [0, 0.05) is 0 Å². The zero-order valence-corrected chi connectivity index (χ0v) is 57.3. The number of hydrogen-bond donors (Lipinski definition) is 0. The lowest BCUT2D eigenvalue weighted by Gasteiger charge is -2.39. The summed E-state index contributed by atoms with van der Waals surface area (Å²) >= 11 is 0. The number of nitrogens with zero attached hydrogens (tertiary/aromatic N) is 4. The fraction of sp³-hybridized carbons (Fsp3) is 1.00. The van der Waals surface area contributed by atoms with Crippen molar-refractivity contribution in [1.82, 2.24) is 0 Å². The Hall–Kier alpha value is 0.100. The topological polar surface area (TPSA) is 136 Å². The molecule has 77 heavy (non-hydrogen) atoms. The predicted molar refractivity (Wildman–Crippen MR) is 334 cm³/mol. The number of phosphoric acid groups is 2. The SMILES string of the molecule is CCCC[N+](CCCC)(CCCC)CCCC.CCCC[N+](CCCC)(CCCC)CCCC.CCCC[N+](CCCC)(CCCC)CCCC.CCCC[N+](CCCC)(CCCC)CCCC.O=P([O-])([O-])OP(=O)([O-])[O-]. The van der Waals surface area contributed by atoms with Gasteiger partial charge >= 0.3 is 0 Å². The molecule has 0 radical (unpaired) electrons. The van der Waals surface area contributed by atoms with Crippen molar-refractivity contribution in [2.45, 2.75) is 316 Å². The van der Waals surface area contributed by atoms with Crippen molar-refractivity contribution in [3.63, 3.8) is 0 Å². The van der Waals surface area contributed by atoms with Crippen LogP contribution in [0.3, 0.4) is 0 Å². The van der Waals surface area contributed by atoms with Crippen LogP contribution in [0.25, 0.3) is 0 Å². The second-order valence-corrected chi connectivity index (χ2v) is 26.0. The van der Waals surface area contributed by atoms with E-state index in [1.54, 1.807) is 0 Å². The highest BCUT2D eigenvalue weighted by molar-refractivity contribution is 7.57. The molecule has 0 aliphatic heterocycles. The van der Waals surface area contributed by atoms with Crippen molar-refractivity contribution < 1.29 is 50.9 Å². The van der Waals surface area contributed by atoms with Gasteiger partial charge in [0.15, 0.2) is 0 Å². The Kier molecular flexibility index (Phi) is 66.1. The largest absolute Gasteiger partial charge is 0.790 e. The van der Waals surface area contributed by atoms with Gasteiger partial charge in [-0.05, 0) is 103 Å². The van der Waals surface area contributed by atoms with Gasteiger partial charge in [0.1, 0.15) is 0 Å². The lowest BCUT2D eigenvalue weighted by Crippen LogP contribution is -2.50. The van der Waals surface area contributed by atoms with E-state index >= 15 is 0 Å². The van der Waals surface area contributed by atoms with Gasteiger partial charge in [0.2, 0.25) is 0 Å². The van der Waals surface area contributed by atoms with E-state index in [-0.39, 0.29) is 0 Å². The Morgan fingerprint density at radius 1 is 0.208 bits per heavy atom. The van der Waals surface area contributed by atoms with Crippen molar-refractivity contribution in [1.29, 1.82) is 0 Å². The van der Waals surface area contributed by atoms with Gasteiger partial charge in [-0.2, -0.15) is 0 Å². The van der Waals surface area contributed by atoms with Crippen LogP contribution in [0, 0.1) is 0 Å². The number of rotatable bonds is 50. The summed E-state index contributed by atoms with van der Waals surface area (Å²) in [5.41, 5.74) is 0. The van der Waals surface area contributed by atoms with Crippen molar-refractivity contribution in [2.75, 3.05) is 105 Å². The molecule has 0 N–H and O–H groups in total. The van der Waals surface area contributed by atoms with Gasteiger partial charge in [0.05, 0.1) is 120 Å². The quantitative estimate of drug-likeness (QED) is 0.0437. The molecule has 13 heteroatoms.